The highest BCUT2D eigenvalue weighted by atomic mass is 15.3. The summed E-state index contributed by atoms with van der Waals surface area (Å²) in [5.41, 5.74) is 4.78. The van der Waals surface area contributed by atoms with Crippen LogP contribution in [-0.2, 0) is 20.1 Å². The molecular weight excluding hydrogens is 236 g/mol. The van der Waals surface area contributed by atoms with Gasteiger partial charge in [-0.1, -0.05) is 19.9 Å². The van der Waals surface area contributed by atoms with Crippen molar-refractivity contribution in [1.82, 2.24) is 20.1 Å². The third-order valence-electron chi connectivity index (χ3n) is 3.21. The second-order valence-corrected chi connectivity index (χ2v) is 5.24. The van der Waals surface area contributed by atoms with E-state index in [1.807, 2.05) is 24.0 Å². The minimum Gasteiger partial charge on any atom is -0.307 e. The maximum Gasteiger partial charge on any atom is 0.0694 e. The van der Waals surface area contributed by atoms with Crippen LogP contribution in [0.15, 0.2) is 24.5 Å². The van der Waals surface area contributed by atoms with Crippen molar-refractivity contribution < 1.29 is 0 Å². The second kappa shape index (κ2) is 5.97. The Labute approximate surface area is 114 Å². The van der Waals surface area contributed by atoms with E-state index in [2.05, 4.69) is 48.4 Å². The van der Waals surface area contributed by atoms with Crippen LogP contribution in [0.4, 0.5) is 0 Å². The summed E-state index contributed by atoms with van der Waals surface area (Å²) in [5, 5.41) is 7.97. The monoisotopic (exact) mass is 258 g/mol. The average Bonchev–Trinajstić information content (AvgIpc) is 2.73. The number of hydrogen-bond donors (Lipinski definition) is 1. The van der Waals surface area contributed by atoms with Crippen molar-refractivity contribution >= 4 is 0 Å². The molecule has 0 aliphatic carbocycles. The van der Waals surface area contributed by atoms with Crippen molar-refractivity contribution in [2.75, 3.05) is 0 Å². The molecule has 4 heteroatoms. The molecule has 0 saturated carbocycles. The molecule has 2 aromatic rings. The van der Waals surface area contributed by atoms with Crippen molar-refractivity contribution in [2.45, 2.75) is 39.8 Å². The van der Waals surface area contributed by atoms with E-state index < -0.39 is 0 Å². The Balaban J connectivity index is 1.98. The van der Waals surface area contributed by atoms with Crippen molar-refractivity contribution in [3.05, 3.63) is 47.0 Å². The van der Waals surface area contributed by atoms with Gasteiger partial charge in [0.05, 0.1) is 11.4 Å². The first-order valence-corrected chi connectivity index (χ1v) is 6.71. The zero-order valence-corrected chi connectivity index (χ0v) is 12.1. The van der Waals surface area contributed by atoms with Crippen LogP contribution in [-0.4, -0.2) is 14.8 Å². The van der Waals surface area contributed by atoms with Crippen LogP contribution in [0.5, 0.6) is 0 Å². The van der Waals surface area contributed by atoms with E-state index in [1.54, 1.807) is 0 Å². The number of aromatic nitrogens is 3. The van der Waals surface area contributed by atoms with E-state index in [0.717, 1.165) is 18.8 Å². The van der Waals surface area contributed by atoms with Crippen molar-refractivity contribution in [1.29, 1.82) is 0 Å². The number of nitrogens with zero attached hydrogens (tertiary/aromatic N) is 3. The Hall–Kier alpha value is -1.68. The van der Waals surface area contributed by atoms with Gasteiger partial charge in [-0.25, -0.2) is 0 Å². The molecule has 2 aromatic heterocycles. The first-order chi connectivity index (χ1) is 9.08. The molecule has 0 atom stereocenters. The summed E-state index contributed by atoms with van der Waals surface area (Å²) in [6.07, 6.45) is 3.93. The highest BCUT2D eigenvalue weighted by Gasteiger charge is 2.10. The molecule has 2 rings (SSSR count). The minimum atomic E-state index is 0.453. The molecule has 0 aliphatic rings. The predicted molar refractivity (Wildman–Crippen MR) is 76.8 cm³/mol. The van der Waals surface area contributed by atoms with E-state index in [9.17, 15) is 0 Å². The lowest BCUT2D eigenvalue weighted by atomic mass is 10.1. The van der Waals surface area contributed by atoms with E-state index in [0.29, 0.717) is 5.92 Å². The predicted octanol–water partition coefficient (Wildman–Crippen LogP) is 2.54. The fourth-order valence-corrected chi connectivity index (χ4v) is 2.20. The normalized spacial score (nSPS) is 11.2. The zero-order valence-electron chi connectivity index (χ0n) is 12.1. The van der Waals surface area contributed by atoms with Crippen molar-refractivity contribution in [3.63, 3.8) is 0 Å². The first-order valence-electron chi connectivity index (χ1n) is 6.71. The SMILES string of the molecule is Cc1cccnc1CNCc1cn(C)nc1C(C)C. The summed E-state index contributed by atoms with van der Waals surface area (Å²) in [7, 11) is 1.97. The Morgan fingerprint density at radius 2 is 2.11 bits per heavy atom. The van der Waals surface area contributed by atoms with Gasteiger partial charge in [0.15, 0.2) is 0 Å². The summed E-state index contributed by atoms with van der Waals surface area (Å²) < 4.78 is 1.89. The molecule has 0 saturated heterocycles. The Morgan fingerprint density at radius 1 is 1.32 bits per heavy atom. The van der Waals surface area contributed by atoms with Gasteiger partial charge in [0.25, 0.3) is 0 Å². The maximum atomic E-state index is 4.51. The molecule has 0 spiro atoms. The molecule has 0 aliphatic heterocycles. The molecule has 1 N–H and O–H groups in total. The summed E-state index contributed by atoms with van der Waals surface area (Å²) >= 11 is 0. The first kappa shape index (κ1) is 13.7. The van der Waals surface area contributed by atoms with Gasteiger partial charge in [0.1, 0.15) is 0 Å². The number of hydrogen-bond acceptors (Lipinski definition) is 3. The van der Waals surface area contributed by atoms with E-state index in [1.165, 1.54) is 16.8 Å². The topological polar surface area (TPSA) is 42.7 Å². The molecular formula is C15H22N4. The van der Waals surface area contributed by atoms with E-state index in [4.69, 9.17) is 0 Å². The molecule has 0 fully saturated rings. The van der Waals surface area contributed by atoms with Crippen LogP contribution in [0, 0.1) is 6.92 Å². The molecule has 0 amide bonds. The maximum absolute atomic E-state index is 4.51. The van der Waals surface area contributed by atoms with Gasteiger partial charge in [-0.2, -0.15) is 5.10 Å². The Kier molecular flexibility index (Phi) is 4.32. The fourth-order valence-electron chi connectivity index (χ4n) is 2.20. The lowest BCUT2D eigenvalue weighted by Gasteiger charge is -2.08. The summed E-state index contributed by atoms with van der Waals surface area (Å²) in [5.74, 6) is 0.453. The number of rotatable bonds is 5. The van der Waals surface area contributed by atoms with Gasteiger partial charge in [-0.05, 0) is 24.5 Å². The molecule has 4 nitrogen and oxygen atoms in total. The third kappa shape index (κ3) is 3.41. The summed E-state index contributed by atoms with van der Waals surface area (Å²) in [4.78, 5) is 4.39. The molecule has 0 unspecified atom stereocenters. The van der Waals surface area contributed by atoms with Crippen LogP contribution in [0.25, 0.3) is 0 Å². The van der Waals surface area contributed by atoms with Crippen LogP contribution in [0.1, 0.15) is 42.3 Å². The molecule has 102 valence electrons. The van der Waals surface area contributed by atoms with Crippen LogP contribution in [0.2, 0.25) is 0 Å². The van der Waals surface area contributed by atoms with E-state index >= 15 is 0 Å². The smallest absolute Gasteiger partial charge is 0.0694 e. The van der Waals surface area contributed by atoms with Crippen LogP contribution < -0.4 is 5.32 Å². The van der Waals surface area contributed by atoms with Gasteiger partial charge in [-0.15, -0.1) is 0 Å². The summed E-state index contributed by atoms with van der Waals surface area (Å²) in [6, 6.07) is 4.06. The fraction of sp³-hybridized carbons (Fsp3) is 0.467. The van der Waals surface area contributed by atoms with Gasteiger partial charge in [-0.3, -0.25) is 9.67 Å². The Bertz CT molecular complexity index is 543. The molecule has 0 bridgehead atoms. The molecule has 0 aromatic carbocycles. The quantitative estimate of drug-likeness (QED) is 0.896. The largest absolute Gasteiger partial charge is 0.307 e. The van der Waals surface area contributed by atoms with Gasteiger partial charge in [0.2, 0.25) is 0 Å². The van der Waals surface area contributed by atoms with Crippen LogP contribution in [0.3, 0.4) is 0 Å². The number of nitrogens with one attached hydrogen (secondary N) is 1. The highest BCUT2D eigenvalue weighted by molar-refractivity contribution is 5.21. The van der Waals surface area contributed by atoms with Gasteiger partial charge >= 0.3 is 0 Å². The standard InChI is InChI=1S/C15H22N4/c1-11(2)15-13(10-19(4)18-15)8-16-9-14-12(3)6-5-7-17-14/h5-7,10-11,16H,8-9H2,1-4H3. The van der Waals surface area contributed by atoms with Crippen molar-refractivity contribution in [3.8, 4) is 0 Å². The number of aryl methyl sites for hydroxylation is 2. The van der Waals surface area contributed by atoms with Gasteiger partial charge in [0, 0.05) is 38.1 Å². The minimum absolute atomic E-state index is 0.453. The lowest BCUT2D eigenvalue weighted by molar-refractivity contribution is 0.664. The highest BCUT2D eigenvalue weighted by Crippen LogP contribution is 2.17. The lowest BCUT2D eigenvalue weighted by Crippen LogP contribution is -2.15. The number of pyridine rings is 1. The molecule has 0 radical (unpaired) electrons. The average molecular weight is 258 g/mol. The zero-order chi connectivity index (χ0) is 13.8. The van der Waals surface area contributed by atoms with E-state index in [-0.39, 0.29) is 0 Å². The van der Waals surface area contributed by atoms with Crippen molar-refractivity contribution in [2.24, 2.45) is 7.05 Å². The van der Waals surface area contributed by atoms with Crippen LogP contribution >= 0.6 is 0 Å². The Morgan fingerprint density at radius 3 is 2.79 bits per heavy atom. The third-order valence-corrected chi connectivity index (χ3v) is 3.21. The summed E-state index contributed by atoms with van der Waals surface area (Å²) in [6.45, 7) is 8.06. The molecule has 19 heavy (non-hydrogen) atoms. The molecule has 2 heterocycles. The van der Waals surface area contributed by atoms with Gasteiger partial charge < -0.3 is 5.32 Å². The second-order valence-electron chi connectivity index (χ2n) is 5.24.